The molecule has 37 heavy (non-hydrogen) atoms. The standard InChI is InChI=1S/C32H50O5/c1-19(2)23(34)9-8-20(3)22-12-14-29(6)24-10-11-25-30(7,27(35)36)26(37-21(4)33)13-15-31(25)18-32(24,31)17-16-28(22,29)5/h19-20,22,24-26H,8-18H2,1-7H3,(H,35,36)/t20-,22-,24+,25+,26+,28-,29+,30+,31-,32+/m1/s1. The Labute approximate surface area is 223 Å². The lowest BCUT2D eigenvalue weighted by Crippen LogP contribution is -2.60. The van der Waals surface area contributed by atoms with Crippen molar-refractivity contribution in [3.63, 3.8) is 0 Å². The number of hydrogen-bond donors (Lipinski definition) is 1. The minimum atomic E-state index is -1.00. The minimum Gasteiger partial charge on any atom is -0.481 e. The first-order valence-electron chi connectivity index (χ1n) is 15.1. The highest BCUT2D eigenvalue weighted by Gasteiger charge is 2.83. The first-order valence-corrected chi connectivity index (χ1v) is 15.1. The maximum Gasteiger partial charge on any atom is 0.313 e. The highest BCUT2D eigenvalue weighted by Crippen LogP contribution is 2.89. The molecule has 5 nitrogen and oxygen atoms in total. The summed E-state index contributed by atoms with van der Waals surface area (Å²) in [5.74, 6) is 1.31. The Morgan fingerprint density at radius 1 is 0.865 bits per heavy atom. The van der Waals surface area contributed by atoms with E-state index in [1.165, 1.54) is 39.0 Å². The molecule has 0 heterocycles. The second-order valence-corrected chi connectivity index (χ2v) is 15.0. The van der Waals surface area contributed by atoms with Crippen LogP contribution in [0.2, 0.25) is 0 Å². The Balaban J connectivity index is 1.40. The van der Waals surface area contributed by atoms with Crippen LogP contribution in [-0.2, 0) is 19.1 Å². The zero-order chi connectivity index (χ0) is 27.2. The summed E-state index contributed by atoms with van der Waals surface area (Å²) < 4.78 is 5.67. The number of fused-ring (bicyclic) bond motifs is 2. The molecule has 0 aromatic rings. The van der Waals surface area contributed by atoms with Crippen LogP contribution in [0.25, 0.3) is 0 Å². The lowest BCUT2D eigenvalue weighted by Gasteiger charge is -2.63. The quantitative estimate of drug-likeness (QED) is 0.368. The van der Waals surface area contributed by atoms with E-state index in [0.29, 0.717) is 36.4 Å². The predicted octanol–water partition coefficient (Wildman–Crippen LogP) is 7.06. The maximum atomic E-state index is 12.8. The van der Waals surface area contributed by atoms with Crippen molar-refractivity contribution in [3.05, 3.63) is 0 Å². The lowest BCUT2D eigenvalue weighted by molar-refractivity contribution is -0.198. The fraction of sp³-hybridized carbons (Fsp3) is 0.906. The van der Waals surface area contributed by atoms with Crippen LogP contribution < -0.4 is 0 Å². The molecule has 5 aliphatic carbocycles. The van der Waals surface area contributed by atoms with Crippen LogP contribution in [0.15, 0.2) is 0 Å². The van der Waals surface area contributed by atoms with Gasteiger partial charge in [0.1, 0.15) is 17.3 Å². The molecule has 5 aliphatic rings. The van der Waals surface area contributed by atoms with Crippen LogP contribution in [0.4, 0.5) is 0 Å². The molecule has 0 unspecified atom stereocenters. The highest BCUT2D eigenvalue weighted by atomic mass is 16.5. The summed E-state index contributed by atoms with van der Waals surface area (Å²) in [5.41, 5.74) is -0.0983. The van der Waals surface area contributed by atoms with Gasteiger partial charge in [-0.25, -0.2) is 0 Å². The van der Waals surface area contributed by atoms with Crippen molar-refractivity contribution in [1.82, 2.24) is 0 Å². The van der Waals surface area contributed by atoms with Gasteiger partial charge in [0.15, 0.2) is 0 Å². The van der Waals surface area contributed by atoms with Crippen molar-refractivity contribution < 1.29 is 24.2 Å². The molecule has 208 valence electrons. The molecular weight excluding hydrogens is 464 g/mol. The average molecular weight is 515 g/mol. The Morgan fingerprint density at radius 2 is 1.51 bits per heavy atom. The van der Waals surface area contributed by atoms with Gasteiger partial charge in [0.25, 0.3) is 0 Å². The Hall–Kier alpha value is -1.39. The topological polar surface area (TPSA) is 80.7 Å². The summed E-state index contributed by atoms with van der Waals surface area (Å²) in [5, 5.41) is 10.5. The van der Waals surface area contributed by atoms with Crippen LogP contribution in [0.3, 0.4) is 0 Å². The van der Waals surface area contributed by atoms with E-state index in [0.717, 1.165) is 25.7 Å². The number of rotatable bonds is 7. The molecule has 1 N–H and O–H groups in total. The fourth-order valence-corrected chi connectivity index (χ4v) is 11.5. The summed E-state index contributed by atoms with van der Waals surface area (Å²) in [4.78, 5) is 37.0. The normalized spacial score (nSPS) is 48.8. The number of carbonyl (C=O) groups is 3. The number of esters is 1. The van der Waals surface area contributed by atoms with Gasteiger partial charge in [-0.05, 0) is 116 Å². The molecule has 0 radical (unpaired) electrons. The van der Waals surface area contributed by atoms with Crippen molar-refractivity contribution in [2.45, 2.75) is 125 Å². The van der Waals surface area contributed by atoms with Gasteiger partial charge in [-0.3, -0.25) is 14.4 Å². The number of Topliss-reactive ketones (excluding diaryl/α,β-unsaturated/α-hetero) is 1. The Kier molecular flexibility index (Phi) is 6.28. The third kappa shape index (κ3) is 3.43. The molecule has 0 bridgehead atoms. The number of carboxylic acid groups (broad SMARTS) is 1. The molecule has 5 rings (SSSR count). The van der Waals surface area contributed by atoms with E-state index >= 15 is 0 Å². The molecule has 0 aliphatic heterocycles. The molecular formula is C32H50O5. The number of carbonyl (C=O) groups excluding carboxylic acids is 2. The van der Waals surface area contributed by atoms with E-state index in [1.807, 2.05) is 20.8 Å². The molecule has 0 amide bonds. The lowest BCUT2D eigenvalue weighted by atomic mass is 9.41. The van der Waals surface area contributed by atoms with Gasteiger partial charge in [-0.1, -0.05) is 34.6 Å². The first-order chi connectivity index (χ1) is 17.2. The predicted molar refractivity (Wildman–Crippen MR) is 143 cm³/mol. The summed E-state index contributed by atoms with van der Waals surface area (Å²) >= 11 is 0. The van der Waals surface area contributed by atoms with Gasteiger partial charge in [-0.2, -0.15) is 0 Å². The number of ketones is 1. The van der Waals surface area contributed by atoms with E-state index < -0.39 is 17.5 Å². The number of aliphatic carboxylic acids is 1. The van der Waals surface area contributed by atoms with Crippen LogP contribution in [0.5, 0.6) is 0 Å². The van der Waals surface area contributed by atoms with Crippen LogP contribution in [-0.4, -0.2) is 28.9 Å². The SMILES string of the molecule is CC(=O)O[C@H]1CC[C@]23C[C@]24CC[C@]2(C)[C@@H]([C@H](C)CCC(=O)C(C)C)CC[C@@]2(C)[C@@H]4CC[C@H]3[C@]1(C)C(=O)O. The molecule has 5 saturated carbocycles. The number of carboxylic acids is 1. The Morgan fingerprint density at radius 3 is 2.14 bits per heavy atom. The Bertz CT molecular complexity index is 988. The van der Waals surface area contributed by atoms with E-state index in [9.17, 15) is 19.5 Å². The molecule has 0 aromatic carbocycles. The fourth-order valence-electron chi connectivity index (χ4n) is 11.5. The molecule has 2 spiro atoms. The van der Waals surface area contributed by atoms with Gasteiger partial charge in [0, 0.05) is 19.3 Å². The second kappa shape index (κ2) is 8.55. The van der Waals surface area contributed by atoms with Gasteiger partial charge in [0.2, 0.25) is 0 Å². The first kappa shape index (κ1) is 27.2. The van der Waals surface area contributed by atoms with E-state index in [2.05, 4.69) is 20.8 Å². The summed E-state index contributed by atoms with van der Waals surface area (Å²) in [6, 6.07) is 0. The number of ether oxygens (including phenoxy) is 1. The van der Waals surface area contributed by atoms with E-state index in [1.54, 1.807) is 0 Å². The van der Waals surface area contributed by atoms with Crippen molar-refractivity contribution >= 4 is 17.7 Å². The number of hydrogen-bond acceptors (Lipinski definition) is 4. The third-order valence-electron chi connectivity index (χ3n) is 13.7. The van der Waals surface area contributed by atoms with Gasteiger partial charge in [-0.15, -0.1) is 0 Å². The summed E-state index contributed by atoms with van der Waals surface area (Å²) in [6.45, 7) is 14.8. The van der Waals surface area contributed by atoms with Crippen molar-refractivity contribution in [2.75, 3.05) is 0 Å². The van der Waals surface area contributed by atoms with Crippen LogP contribution in [0.1, 0.15) is 119 Å². The van der Waals surface area contributed by atoms with Gasteiger partial charge < -0.3 is 9.84 Å². The van der Waals surface area contributed by atoms with Crippen molar-refractivity contribution in [3.8, 4) is 0 Å². The van der Waals surface area contributed by atoms with Gasteiger partial charge in [0.05, 0.1) is 0 Å². The zero-order valence-electron chi connectivity index (χ0n) is 24.3. The average Bonchev–Trinajstić information content (AvgIpc) is 3.41. The van der Waals surface area contributed by atoms with Gasteiger partial charge >= 0.3 is 11.9 Å². The summed E-state index contributed by atoms with van der Waals surface area (Å²) in [7, 11) is 0. The molecule has 5 heteroatoms. The monoisotopic (exact) mass is 514 g/mol. The summed E-state index contributed by atoms with van der Waals surface area (Å²) in [6.07, 6.45) is 11.0. The van der Waals surface area contributed by atoms with Crippen molar-refractivity contribution in [2.24, 2.45) is 56.7 Å². The molecule has 0 aromatic heterocycles. The maximum absolute atomic E-state index is 12.8. The van der Waals surface area contributed by atoms with Crippen LogP contribution >= 0.6 is 0 Å². The largest absolute Gasteiger partial charge is 0.481 e. The minimum absolute atomic E-state index is 0.0815. The molecule has 10 atom stereocenters. The molecule has 0 saturated heterocycles. The zero-order valence-corrected chi connectivity index (χ0v) is 24.3. The highest BCUT2D eigenvalue weighted by molar-refractivity contribution is 5.80. The van der Waals surface area contributed by atoms with E-state index in [-0.39, 0.29) is 39.5 Å². The third-order valence-corrected chi connectivity index (χ3v) is 13.7. The smallest absolute Gasteiger partial charge is 0.313 e. The second-order valence-electron chi connectivity index (χ2n) is 15.0. The van der Waals surface area contributed by atoms with Crippen molar-refractivity contribution in [1.29, 1.82) is 0 Å². The van der Waals surface area contributed by atoms with E-state index in [4.69, 9.17) is 4.74 Å². The molecule has 5 fully saturated rings. The van der Waals surface area contributed by atoms with Crippen LogP contribution in [0, 0.1) is 56.7 Å².